The molecule has 0 bridgehead atoms. The lowest BCUT2D eigenvalue weighted by Gasteiger charge is -2.07. The van der Waals surface area contributed by atoms with Crippen LogP contribution in [0.2, 0.25) is 0 Å². The van der Waals surface area contributed by atoms with Gasteiger partial charge in [-0.1, -0.05) is 0 Å². The molecule has 1 amide bonds. The number of hydrogen-bond acceptors (Lipinski definition) is 3. The summed E-state index contributed by atoms with van der Waals surface area (Å²) >= 11 is 3.38. The predicted molar refractivity (Wildman–Crippen MR) is 77.2 cm³/mol. The molecule has 3 rings (SSSR count). The fraction of sp³-hybridized carbons (Fsp3) is 0.286. The molecule has 2 N–H and O–H groups in total. The quantitative estimate of drug-likeness (QED) is 0.866. The van der Waals surface area contributed by atoms with Gasteiger partial charge in [-0.3, -0.25) is 4.79 Å². The van der Waals surface area contributed by atoms with Gasteiger partial charge in [-0.15, -0.1) is 0 Å². The number of rotatable bonds is 5. The third-order valence-corrected chi connectivity index (χ3v) is 3.72. The lowest BCUT2D eigenvalue weighted by Crippen LogP contribution is -2.25. The van der Waals surface area contributed by atoms with Crippen LogP contribution in [0.4, 0.5) is 0 Å². The van der Waals surface area contributed by atoms with Gasteiger partial charge in [0, 0.05) is 16.7 Å². The van der Waals surface area contributed by atoms with Crippen molar-refractivity contribution in [3.63, 3.8) is 0 Å². The Bertz CT molecular complexity index is 700. The van der Waals surface area contributed by atoms with Crippen molar-refractivity contribution in [1.29, 1.82) is 0 Å². The van der Waals surface area contributed by atoms with Gasteiger partial charge in [0.15, 0.2) is 0 Å². The summed E-state index contributed by atoms with van der Waals surface area (Å²) in [5.74, 6) is -1.06. The summed E-state index contributed by atoms with van der Waals surface area (Å²) in [7, 11) is 0. The highest BCUT2D eigenvalue weighted by Crippen LogP contribution is 2.37. The molecule has 6 nitrogen and oxygen atoms in total. The van der Waals surface area contributed by atoms with Crippen LogP contribution in [0.15, 0.2) is 33.3 Å². The van der Waals surface area contributed by atoms with E-state index >= 15 is 0 Å². The Labute approximate surface area is 128 Å². The van der Waals surface area contributed by atoms with Gasteiger partial charge in [0.1, 0.15) is 11.5 Å². The van der Waals surface area contributed by atoms with E-state index in [4.69, 9.17) is 9.52 Å². The molecule has 0 aromatic carbocycles. The minimum absolute atomic E-state index is 0.136. The number of aromatic nitrogens is 1. The summed E-state index contributed by atoms with van der Waals surface area (Å²) in [6, 6.07) is 5.09. The Kier molecular flexibility index (Phi) is 3.59. The van der Waals surface area contributed by atoms with Gasteiger partial charge in [-0.2, -0.15) is 0 Å². The zero-order valence-corrected chi connectivity index (χ0v) is 12.6. The summed E-state index contributed by atoms with van der Waals surface area (Å²) in [5.41, 5.74) is 0.592. The molecule has 7 heteroatoms. The normalized spacial score (nSPS) is 14.1. The number of carbonyl (C=O) groups excluding carboxylic acids is 1. The van der Waals surface area contributed by atoms with Crippen molar-refractivity contribution in [3.8, 4) is 0 Å². The molecule has 0 atom stereocenters. The van der Waals surface area contributed by atoms with Crippen molar-refractivity contribution in [1.82, 2.24) is 9.88 Å². The molecule has 0 aliphatic heterocycles. The van der Waals surface area contributed by atoms with Crippen LogP contribution in [0.1, 0.15) is 45.7 Å². The SMILES string of the molecule is O=C(O)c1ccc(CNC(=O)c2cc(Br)cn2C2CC2)o1. The summed E-state index contributed by atoms with van der Waals surface area (Å²) < 4.78 is 7.93. The molecular weight excluding hydrogens is 340 g/mol. The molecule has 0 saturated heterocycles. The maximum Gasteiger partial charge on any atom is 0.371 e. The third-order valence-electron chi connectivity index (χ3n) is 3.28. The van der Waals surface area contributed by atoms with Gasteiger partial charge in [0.25, 0.3) is 5.91 Å². The van der Waals surface area contributed by atoms with E-state index in [2.05, 4.69) is 21.2 Å². The van der Waals surface area contributed by atoms with Crippen LogP contribution in [0, 0.1) is 0 Å². The zero-order valence-electron chi connectivity index (χ0n) is 11.0. The number of furan rings is 1. The molecule has 0 radical (unpaired) electrons. The van der Waals surface area contributed by atoms with Crippen molar-refractivity contribution in [2.75, 3.05) is 0 Å². The van der Waals surface area contributed by atoms with Crippen molar-refractivity contribution < 1.29 is 19.1 Å². The minimum Gasteiger partial charge on any atom is -0.475 e. The number of hydrogen-bond donors (Lipinski definition) is 2. The van der Waals surface area contributed by atoms with Crippen LogP contribution in [0.5, 0.6) is 0 Å². The molecule has 2 heterocycles. The maximum absolute atomic E-state index is 12.2. The molecule has 1 fully saturated rings. The van der Waals surface area contributed by atoms with E-state index in [1.165, 1.54) is 6.07 Å². The van der Waals surface area contributed by atoms with Crippen LogP contribution in [0.25, 0.3) is 0 Å². The monoisotopic (exact) mass is 352 g/mol. The van der Waals surface area contributed by atoms with E-state index < -0.39 is 5.97 Å². The second-order valence-corrected chi connectivity index (χ2v) is 5.85. The van der Waals surface area contributed by atoms with E-state index in [1.807, 2.05) is 10.8 Å². The third kappa shape index (κ3) is 3.02. The first-order valence-corrected chi connectivity index (χ1v) is 7.31. The fourth-order valence-corrected chi connectivity index (χ4v) is 2.57. The van der Waals surface area contributed by atoms with Gasteiger partial charge >= 0.3 is 5.97 Å². The number of carboxylic acids is 1. The van der Waals surface area contributed by atoms with Crippen LogP contribution >= 0.6 is 15.9 Å². The van der Waals surface area contributed by atoms with E-state index in [0.29, 0.717) is 17.5 Å². The van der Waals surface area contributed by atoms with Crippen LogP contribution in [0.3, 0.4) is 0 Å². The van der Waals surface area contributed by atoms with Gasteiger partial charge in [-0.25, -0.2) is 4.79 Å². The first-order chi connectivity index (χ1) is 10.0. The minimum atomic E-state index is -1.13. The molecule has 2 aromatic rings. The second kappa shape index (κ2) is 5.40. The van der Waals surface area contributed by atoms with Crippen molar-refractivity contribution in [3.05, 3.63) is 46.1 Å². The Morgan fingerprint density at radius 2 is 2.19 bits per heavy atom. The van der Waals surface area contributed by atoms with E-state index in [-0.39, 0.29) is 18.2 Å². The van der Waals surface area contributed by atoms with Crippen LogP contribution < -0.4 is 5.32 Å². The molecule has 2 aromatic heterocycles. The molecule has 1 aliphatic carbocycles. The van der Waals surface area contributed by atoms with Gasteiger partial charge in [0.2, 0.25) is 5.76 Å². The Morgan fingerprint density at radius 1 is 1.43 bits per heavy atom. The average Bonchev–Trinajstić information content (AvgIpc) is 3.04. The highest BCUT2D eigenvalue weighted by molar-refractivity contribution is 9.10. The molecule has 110 valence electrons. The molecule has 1 aliphatic rings. The Balaban J connectivity index is 1.67. The first kappa shape index (κ1) is 13.9. The molecular formula is C14H13BrN2O4. The number of nitrogens with zero attached hydrogens (tertiary/aromatic N) is 1. The average molecular weight is 353 g/mol. The number of carbonyl (C=O) groups is 2. The standard InChI is InChI=1S/C14H13BrN2O4/c15-8-5-11(17(7-8)9-1-2-9)13(18)16-6-10-3-4-12(21-10)14(19)20/h3-5,7,9H,1-2,6H2,(H,16,18)(H,19,20). The summed E-state index contributed by atoms with van der Waals surface area (Å²) in [6.07, 6.45) is 4.07. The Hall–Kier alpha value is -2.02. The van der Waals surface area contributed by atoms with Crippen molar-refractivity contribution in [2.24, 2.45) is 0 Å². The van der Waals surface area contributed by atoms with Crippen LogP contribution in [-0.2, 0) is 6.54 Å². The summed E-state index contributed by atoms with van der Waals surface area (Å²) in [5, 5.41) is 11.5. The first-order valence-electron chi connectivity index (χ1n) is 6.52. The van der Waals surface area contributed by atoms with Crippen molar-refractivity contribution >= 4 is 27.8 Å². The van der Waals surface area contributed by atoms with E-state index in [9.17, 15) is 9.59 Å². The molecule has 0 spiro atoms. The van der Waals surface area contributed by atoms with Crippen molar-refractivity contribution in [2.45, 2.75) is 25.4 Å². The Morgan fingerprint density at radius 3 is 2.81 bits per heavy atom. The lowest BCUT2D eigenvalue weighted by molar-refractivity contribution is 0.0660. The number of nitrogens with one attached hydrogen (secondary N) is 1. The number of amides is 1. The molecule has 21 heavy (non-hydrogen) atoms. The topological polar surface area (TPSA) is 84.5 Å². The van der Waals surface area contributed by atoms with Gasteiger partial charge in [-0.05, 0) is 47.0 Å². The summed E-state index contributed by atoms with van der Waals surface area (Å²) in [6.45, 7) is 0.152. The number of carboxylic acid groups (broad SMARTS) is 1. The predicted octanol–water partition coefficient (Wildman–Crippen LogP) is 2.81. The molecule has 0 unspecified atom stereocenters. The highest BCUT2D eigenvalue weighted by atomic mass is 79.9. The lowest BCUT2D eigenvalue weighted by atomic mass is 10.3. The zero-order chi connectivity index (χ0) is 15.0. The second-order valence-electron chi connectivity index (χ2n) is 4.94. The van der Waals surface area contributed by atoms with Crippen LogP contribution in [-0.4, -0.2) is 21.6 Å². The smallest absolute Gasteiger partial charge is 0.371 e. The van der Waals surface area contributed by atoms with Gasteiger partial charge < -0.3 is 19.4 Å². The maximum atomic E-state index is 12.2. The van der Waals surface area contributed by atoms with E-state index in [1.54, 1.807) is 12.1 Å². The highest BCUT2D eigenvalue weighted by Gasteiger charge is 2.27. The van der Waals surface area contributed by atoms with Gasteiger partial charge in [0.05, 0.1) is 6.54 Å². The largest absolute Gasteiger partial charge is 0.475 e. The fourth-order valence-electron chi connectivity index (χ4n) is 2.13. The molecule has 1 saturated carbocycles. The number of halogens is 1. The number of aromatic carboxylic acids is 1. The summed E-state index contributed by atoms with van der Waals surface area (Å²) in [4.78, 5) is 22.9. The van der Waals surface area contributed by atoms with E-state index in [0.717, 1.165) is 17.3 Å².